The Kier molecular flexibility index (Phi) is 4.41. The summed E-state index contributed by atoms with van der Waals surface area (Å²) in [5.74, 6) is -0.962. The lowest BCUT2D eigenvalue weighted by Crippen LogP contribution is -2.44. The number of rotatable bonds is 5. The summed E-state index contributed by atoms with van der Waals surface area (Å²) in [5, 5.41) is 9.20. The van der Waals surface area contributed by atoms with E-state index in [0.717, 1.165) is 12.8 Å². The highest BCUT2D eigenvalue weighted by Crippen LogP contribution is 2.39. The predicted octanol–water partition coefficient (Wildman–Crippen LogP) is 2.52. The van der Waals surface area contributed by atoms with E-state index in [1.165, 1.54) is 4.90 Å². The van der Waals surface area contributed by atoms with Crippen molar-refractivity contribution in [1.82, 2.24) is 4.90 Å². The van der Waals surface area contributed by atoms with Crippen molar-refractivity contribution in [3.63, 3.8) is 0 Å². The number of nitrogens with zero attached hydrogens (tertiary/aromatic N) is 1. The molecule has 0 heterocycles. The second-order valence-electron chi connectivity index (χ2n) is 4.71. The van der Waals surface area contributed by atoms with Crippen molar-refractivity contribution in [1.29, 1.82) is 0 Å². The topological polar surface area (TPSA) is 40.5 Å². The van der Waals surface area contributed by atoms with Crippen molar-refractivity contribution in [3.05, 3.63) is 0 Å². The molecule has 0 atom stereocenters. The van der Waals surface area contributed by atoms with Gasteiger partial charge in [-0.05, 0) is 19.4 Å². The smallest absolute Gasteiger partial charge is 0.401 e. The fraction of sp³-hybridized carbons (Fsp3) is 0.909. The quantitative estimate of drug-likeness (QED) is 0.818. The maximum Gasteiger partial charge on any atom is 0.401 e. The fourth-order valence-corrected chi connectivity index (χ4v) is 2.45. The average Bonchev–Trinajstić information content (AvgIpc) is 2.64. The molecule has 1 aliphatic carbocycles. The van der Waals surface area contributed by atoms with Crippen LogP contribution in [0.15, 0.2) is 0 Å². The van der Waals surface area contributed by atoms with Gasteiger partial charge in [-0.15, -0.1) is 0 Å². The molecule has 0 unspecified atom stereocenters. The molecule has 0 aromatic rings. The summed E-state index contributed by atoms with van der Waals surface area (Å²) in [4.78, 5) is 12.4. The van der Waals surface area contributed by atoms with E-state index in [-0.39, 0.29) is 13.1 Å². The molecule has 0 saturated heterocycles. The second-order valence-corrected chi connectivity index (χ2v) is 4.71. The molecule has 0 spiro atoms. The molecule has 6 heteroatoms. The molecule has 0 amide bonds. The van der Waals surface area contributed by atoms with E-state index in [0.29, 0.717) is 12.8 Å². The van der Waals surface area contributed by atoms with Crippen LogP contribution >= 0.6 is 0 Å². The molecular formula is C11H18F3NO2. The SMILES string of the molecule is CCN(CC(F)(F)F)CC1(C(=O)O)CCCC1. The van der Waals surface area contributed by atoms with Crippen LogP contribution in [-0.2, 0) is 4.79 Å². The van der Waals surface area contributed by atoms with Crippen LogP contribution in [0.1, 0.15) is 32.6 Å². The van der Waals surface area contributed by atoms with E-state index in [1.54, 1.807) is 6.92 Å². The summed E-state index contributed by atoms with van der Waals surface area (Å²) in [6, 6.07) is 0. The van der Waals surface area contributed by atoms with Gasteiger partial charge in [0.15, 0.2) is 0 Å². The maximum absolute atomic E-state index is 12.3. The van der Waals surface area contributed by atoms with Crippen LogP contribution < -0.4 is 0 Å². The highest BCUT2D eigenvalue weighted by molar-refractivity contribution is 5.75. The zero-order valence-corrected chi connectivity index (χ0v) is 9.89. The van der Waals surface area contributed by atoms with Crippen LogP contribution in [0.5, 0.6) is 0 Å². The van der Waals surface area contributed by atoms with Crippen molar-refractivity contribution in [2.75, 3.05) is 19.6 Å². The lowest BCUT2D eigenvalue weighted by Gasteiger charge is -2.31. The summed E-state index contributed by atoms with van der Waals surface area (Å²) in [6.07, 6.45) is -1.73. The van der Waals surface area contributed by atoms with Crippen molar-refractivity contribution >= 4 is 5.97 Å². The summed E-state index contributed by atoms with van der Waals surface area (Å²) in [5.41, 5.74) is -0.971. The Morgan fingerprint density at radius 2 is 1.88 bits per heavy atom. The van der Waals surface area contributed by atoms with Crippen molar-refractivity contribution < 1.29 is 23.1 Å². The number of aliphatic carboxylic acids is 1. The summed E-state index contributed by atoms with van der Waals surface area (Å²) in [6.45, 7) is 0.807. The Balaban J connectivity index is 2.68. The fourth-order valence-electron chi connectivity index (χ4n) is 2.45. The average molecular weight is 253 g/mol. The van der Waals surface area contributed by atoms with Gasteiger partial charge in [-0.3, -0.25) is 9.69 Å². The van der Waals surface area contributed by atoms with Gasteiger partial charge < -0.3 is 5.11 Å². The second kappa shape index (κ2) is 5.25. The molecule has 100 valence electrons. The standard InChI is InChI=1S/C11H18F3NO2/c1-2-15(8-11(12,13)14)7-10(9(16)17)5-3-4-6-10/h2-8H2,1H3,(H,16,17). The summed E-state index contributed by atoms with van der Waals surface area (Å²) >= 11 is 0. The lowest BCUT2D eigenvalue weighted by molar-refractivity contribution is -0.160. The largest absolute Gasteiger partial charge is 0.481 e. The summed E-state index contributed by atoms with van der Waals surface area (Å²) in [7, 11) is 0. The van der Waals surface area contributed by atoms with Crippen LogP contribution in [-0.4, -0.2) is 41.8 Å². The third kappa shape index (κ3) is 3.87. The first-order valence-corrected chi connectivity index (χ1v) is 5.81. The summed E-state index contributed by atoms with van der Waals surface area (Å²) < 4.78 is 36.9. The van der Waals surface area contributed by atoms with Crippen LogP contribution in [0, 0.1) is 5.41 Å². The zero-order valence-electron chi connectivity index (χ0n) is 9.89. The minimum atomic E-state index is -4.27. The number of alkyl halides is 3. The van der Waals surface area contributed by atoms with Crippen molar-refractivity contribution in [3.8, 4) is 0 Å². The van der Waals surface area contributed by atoms with E-state index >= 15 is 0 Å². The van der Waals surface area contributed by atoms with Gasteiger partial charge in [0.05, 0.1) is 12.0 Å². The number of halogens is 3. The Bertz CT molecular complexity index is 272. The molecule has 0 radical (unpaired) electrons. The number of hydrogen-bond donors (Lipinski definition) is 1. The monoisotopic (exact) mass is 253 g/mol. The number of hydrogen-bond acceptors (Lipinski definition) is 2. The van der Waals surface area contributed by atoms with Crippen LogP contribution in [0.3, 0.4) is 0 Å². The number of carboxylic acid groups (broad SMARTS) is 1. The van der Waals surface area contributed by atoms with Crippen LogP contribution in [0.25, 0.3) is 0 Å². The molecular weight excluding hydrogens is 235 g/mol. The number of carbonyl (C=O) groups is 1. The van der Waals surface area contributed by atoms with Gasteiger partial charge in [-0.1, -0.05) is 19.8 Å². The zero-order chi connectivity index (χ0) is 13.1. The molecule has 17 heavy (non-hydrogen) atoms. The molecule has 3 nitrogen and oxygen atoms in total. The molecule has 0 aliphatic heterocycles. The molecule has 1 rings (SSSR count). The lowest BCUT2D eigenvalue weighted by atomic mass is 9.85. The molecule has 0 bridgehead atoms. The molecule has 0 aromatic carbocycles. The Hall–Kier alpha value is -0.780. The van der Waals surface area contributed by atoms with Gasteiger partial charge in [-0.25, -0.2) is 0 Å². The van der Waals surface area contributed by atoms with E-state index in [9.17, 15) is 23.1 Å². The molecule has 1 saturated carbocycles. The van der Waals surface area contributed by atoms with E-state index in [2.05, 4.69) is 0 Å². The van der Waals surface area contributed by atoms with E-state index < -0.39 is 24.1 Å². The molecule has 1 N–H and O–H groups in total. The Morgan fingerprint density at radius 1 is 1.35 bits per heavy atom. The Labute approximate surface area is 98.6 Å². The first kappa shape index (κ1) is 14.3. The number of carboxylic acids is 1. The third-order valence-corrected chi connectivity index (χ3v) is 3.39. The van der Waals surface area contributed by atoms with Gasteiger partial charge in [0, 0.05) is 6.54 Å². The first-order chi connectivity index (χ1) is 7.79. The third-order valence-electron chi connectivity index (χ3n) is 3.39. The van der Waals surface area contributed by atoms with Gasteiger partial charge >= 0.3 is 12.1 Å². The first-order valence-electron chi connectivity index (χ1n) is 5.81. The molecule has 1 fully saturated rings. The molecule has 1 aliphatic rings. The predicted molar refractivity (Wildman–Crippen MR) is 56.7 cm³/mol. The maximum atomic E-state index is 12.3. The van der Waals surface area contributed by atoms with Gasteiger partial charge in [0.25, 0.3) is 0 Å². The van der Waals surface area contributed by atoms with Gasteiger partial charge in [-0.2, -0.15) is 13.2 Å². The minimum Gasteiger partial charge on any atom is -0.481 e. The molecule has 0 aromatic heterocycles. The van der Waals surface area contributed by atoms with E-state index in [4.69, 9.17) is 0 Å². The van der Waals surface area contributed by atoms with Crippen molar-refractivity contribution in [2.24, 2.45) is 5.41 Å². The normalized spacial score (nSPS) is 19.8. The Morgan fingerprint density at radius 3 is 2.24 bits per heavy atom. The van der Waals surface area contributed by atoms with Gasteiger partial charge in [0.2, 0.25) is 0 Å². The van der Waals surface area contributed by atoms with Crippen molar-refractivity contribution in [2.45, 2.75) is 38.8 Å². The van der Waals surface area contributed by atoms with Gasteiger partial charge in [0.1, 0.15) is 0 Å². The highest BCUT2D eigenvalue weighted by atomic mass is 19.4. The van der Waals surface area contributed by atoms with E-state index in [1.807, 2.05) is 0 Å². The highest BCUT2D eigenvalue weighted by Gasteiger charge is 2.43. The van der Waals surface area contributed by atoms with Crippen LogP contribution in [0.4, 0.5) is 13.2 Å². The van der Waals surface area contributed by atoms with Crippen LogP contribution in [0.2, 0.25) is 0 Å². The minimum absolute atomic E-state index is 0.00164.